The number of hydrogen-bond donors (Lipinski definition) is 2. The number of rotatable bonds is 7. The van der Waals surface area contributed by atoms with E-state index in [4.69, 9.17) is 10.2 Å². The molecule has 96 valence electrons. The van der Waals surface area contributed by atoms with Gasteiger partial charge >= 0.3 is 5.97 Å². The minimum Gasteiger partial charge on any atom is -0.476 e. The Kier molecular flexibility index (Phi) is 5.09. The van der Waals surface area contributed by atoms with Gasteiger partial charge in [-0.05, 0) is 25.2 Å². The van der Waals surface area contributed by atoms with Crippen molar-refractivity contribution in [1.29, 1.82) is 0 Å². The molecule has 17 heavy (non-hydrogen) atoms. The van der Waals surface area contributed by atoms with Crippen molar-refractivity contribution in [3.8, 4) is 0 Å². The Labute approximate surface area is 100 Å². The topological polar surface area (TPSA) is 88.2 Å². The van der Waals surface area contributed by atoms with Gasteiger partial charge in [0.2, 0.25) is 0 Å². The Balaban J connectivity index is 2.74. The Bertz CT molecular complexity index is 374. The lowest BCUT2D eigenvalue weighted by molar-refractivity contribution is 0.0688. The molecule has 1 aromatic heterocycles. The largest absolute Gasteiger partial charge is 0.476 e. The summed E-state index contributed by atoms with van der Waals surface area (Å²) in [4.78, 5) is 11.0. The molecule has 6 nitrogen and oxygen atoms in total. The van der Waals surface area contributed by atoms with Crippen LogP contribution in [-0.4, -0.2) is 37.8 Å². The summed E-state index contributed by atoms with van der Waals surface area (Å²) in [5.74, 6) is -0.954. The first-order valence-electron chi connectivity index (χ1n) is 5.85. The molecule has 2 N–H and O–H groups in total. The number of aromatic nitrogens is 3. The third-order valence-electron chi connectivity index (χ3n) is 2.55. The second-order valence-corrected chi connectivity index (χ2v) is 4.29. The summed E-state index contributed by atoms with van der Waals surface area (Å²) < 4.78 is 1.66. The van der Waals surface area contributed by atoms with Gasteiger partial charge in [0, 0.05) is 13.2 Å². The van der Waals surface area contributed by atoms with Gasteiger partial charge in [-0.3, -0.25) is 0 Å². The molecule has 0 aromatic carbocycles. The van der Waals surface area contributed by atoms with Gasteiger partial charge in [0.15, 0.2) is 5.69 Å². The zero-order chi connectivity index (χ0) is 12.8. The zero-order valence-corrected chi connectivity index (χ0v) is 10.3. The number of hydrogen-bond acceptors (Lipinski definition) is 4. The fourth-order valence-electron chi connectivity index (χ4n) is 1.76. The van der Waals surface area contributed by atoms with Gasteiger partial charge in [0.05, 0.1) is 5.69 Å². The average molecular weight is 241 g/mol. The molecule has 0 bridgehead atoms. The van der Waals surface area contributed by atoms with Crippen molar-refractivity contribution in [2.24, 2.45) is 0 Å². The maximum absolute atomic E-state index is 11.0. The molecule has 0 fully saturated rings. The lowest BCUT2D eigenvalue weighted by atomic mass is 10.1. The van der Waals surface area contributed by atoms with Crippen LogP contribution in [0.3, 0.4) is 0 Å². The summed E-state index contributed by atoms with van der Waals surface area (Å²) >= 11 is 0. The molecule has 0 atom stereocenters. The van der Waals surface area contributed by atoms with Crippen LogP contribution in [0, 0.1) is 0 Å². The standard InChI is InChI=1S/C11H19N3O3/c1-8(2)10-9(11(16)17)12-13-14(10)6-4-3-5-7-15/h8,15H,3-7H2,1-2H3,(H,16,17). The van der Waals surface area contributed by atoms with Crippen molar-refractivity contribution in [3.05, 3.63) is 11.4 Å². The van der Waals surface area contributed by atoms with Crippen LogP contribution in [-0.2, 0) is 6.54 Å². The van der Waals surface area contributed by atoms with Gasteiger partial charge in [0.1, 0.15) is 0 Å². The number of carboxylic acids is 1. The van der Waals surface area contributed by atoms with E-state index in [0.717, 1.165) is 19.3 Å². The van der Waals surface area contributed by atoms with Crippen LogP contribution in [0.1, 0.15) is 55.2 Å². The highest BCUT2D eigenvalue weighted by Gasteiger charge is 2.20. The minimum absolute atomic E-state index is 0.0437. The van der Waals surface area contributed by atoms with Crippen LogP contribution in [0.5, 0.6) is 0 Å². The fraction of sp³-hybridized carbons (Fsp3) is 0.727. The zero-order valence-electron chi connectivity index (χ0n) is 10.3. The van der Waals surface area contributed by atoms with Crippen LogP contribution >= 0.6 is 0 Å². The third-order valence-corrected chi connectivity index (χ3v) is 2.55. The first-order valence-corrected chi connectivity index (χ1v) is 5.85. The van der Waals surface area contributed by atoms with Gasteiger partial charge in [0.25, 0.3) is 0 Å². The molecule has 0 radical (unpaired) electrons. The van der Waals surface area contributed by atoms with E-state index in [0.29, 0.717) is 12.2 Å². The summed E-state index contributed by atoms with van der Waals surface area (Å²) in [6.45, 7) is 4.69. The van der Waals surface area contributed by atoms with Crippen molar-refractivity contribution >= 4 is 5.97 Å². The molecular formula is C11H19N3O3. The van der Waals surface area contributed by atoms with E-state index in [1.54, 1.807) is 4.68 Å². The van der Waals surface area contributed by atoms with Gasteiger partial charge < -0.3 is 10.2 Å². The van der Waals surface area contributed by atoms with Crippen LogP contribution in [0.2, 0.25) is 0 Å². The fourth-order valence-corrected chi connectivity index (χ4v) is 1.76. The Morgan fingerprint density at radius 2 is 2.06 bits per heavy atom. The van der Waals surface area contributed by atoms with Crippen molar-refractivity contribution < 1.29 is 15.0 Å². The number of carbonyl (C=O) groups is 1. The van der Waals surface area contributed by atoms with Crippen LogP contribution < -0.4 is 0 Å². The molecule has 6 heteroatoms. The maximum atomic E-state index is 11.0. The van der Waals surface area contributed by atoms with E-state index in [1.165, 1.54) is 0 Å². The van der Waals surface area contributed by atoms with E-state index in [2.05, 4.69) is 10.3 Å². The van der Waals surface area contributed by atoms with Gasteiger partial charge in [-0.1, -0.05) is 19.1 Å². The normalized spacial score (nSPS) is 11.1. The number of aliphatic hydroxyl groups excluding tert-OH is 1. The molecule has 0 aliphatic carbocycles. The summed E-state index contributed by atoms with van der Waals surface area (Å²) in [6, 6.07) is 0. The molecule has 0 amide bonds. The molecule has 1 heterocycles. The Hall–Kier alpha value is -1.43. The SMILES string of the molecule is CC(C)c1c(C(=O)O)nnn1CCCCCO. The van der Waals surface area contributed by atoms with Crippen LogP contribution in [0.15, 0.2) is 0 Å². The number of aromatic carboxylic acids is 1. The molecule has 0 saturated heterocycles. The number of unbranched alkanes of at least 4 members (excludes halogenated alkanes) is 2. The highest BCUT2D eigenvalue weighted by Crippen LogP contribution is 2.18. The number of nitrogens with zero attached hydrogens (tertiary/aromatic N) is 3. The van der Waals surface area contributed by atoms with E-state index in [-0.39, 0.29) is 18.2 Å². The van der Waals surface area contributed by atoms with Crippen LogP contribution in [0.25, 0.3) is 0 Å². The van der Waals surface area contributed by atoms with E-state index >= 15 is 0 Å². The van der Waals surface area contributed by atoms with Crippen molar-refractivity contribution in [2.75, 3.05) is 6.61 Å². The molecule has 0 saturated carbocycles. The Morgan fingerprint density at radius 1 is 1.35 bits per heavy atom. The summed E-state index contributed by atoms with van der Waals surface area (Å²) in [5.41, 5.74) is 0.712. The smallest absolute Gasteiger partial charge is 0.358 e. The predicted molar refractivity (Wildman–Crippen MR) is 62.0 cm³/mol. The average Bonchev–Trinajstić information content (AvgIpc) is 2.68. The van der Waals surface area contributed by atoms with E-state index in [1.807, 2.05) is 13.8 Å². The molecule has 0 aliphatic heterocycles. The lowest BCUT2D eigenvalue weighted by Crippen LogP contribution is -2.10. The highest BCUT2D eigenvalue weighted by atomic mass is 16.4. The first-order chi connectivity index (χ1) is 8.07. The molecule has 0 spiro atoms. The second-order valence-electron chi connectivity index (χ2n) is 4.29. The van der Waals surface area contributed by atoms with Gasteiger partial charge in [-0.25, -0.2) is 9.48 Å². The van der Waals surface area contributed by atoms with E-state index in [9.17, 15) is 4.79 Å². The monoisotopic (exact) mass is 241 g/mol. The predicted octanol–water partition coefficient (Wildman–Crippen LogP) is 1.26. The number of aryl methyl sites for hydroxylation is 1. The maximum Gasteiger partial charge on any atom is 0.358 e. The van der Waals surface area contributed by atoms with Gasteiger partial charge in [-0.15, -0.1) is 5.10 Å². The third kappa shape index (κ3) is 3.52. The second kappa shape index (κ2) is 6.34. The molecule has 0 aliphatic rings. The summed E-state index contributed by atoms with van der Waals surface area (Å²) in [6.07, 6.45) is 2.52. The van der Waals surface area contributed by atoms with Crippen molar-refractivity contribution in [1.82, 2.24) is 15.0 Å². The number of carboxylic acid groups (broad SMARTS) is 1. The molecule has 0 unspecified atom stereocenters. The van der Waals surface area contributed by atoms with Crippen molar-refractivity contribution in [2.45, 2.75) is 45.6 Å². The molecule has 1 rings (SSSR count). The summed E-state index contributed by atoms with van der Waals surface area (Å²) in [7, 11) is 0. The lowest BCUT2D eigenvalue weighted by Gasteiger charge is -2.09. The minimum atomic E-state index is -1.03. The highest BCUT2D eigenvalue weighted by molar-refractivity contribution is 5.86. The quantitative estimate of drug-likeness (QED) is 0.702. The van der Waals surface area contributed by atoms with Gasteiger partial charge in [-0.2, -0.15) is 0 Å². The molecular weight excluding hydrogens is 222 g/mol. The first kappa shape index (κ1) is 13.6. The van der Waals surface area contributed by atoms with E-state index < -0.39 is 5.97 Å². The number of aliphatic hydroxyl groups is 1. The van der Waals surface area contributed by atoms with Crippen molar-refractivity contribution in [3.63, 3.8) is 0 Å². The molecule has 1 aromatic rings. The van der Waals surface area contributed by atoms with Crippen LogP contribution in [0.4, 0.5) is 0 Å². The Morgan fingerprint density at radius 3 is 2.59 bits per heavy atom. The summed E-state index contributed by atoms with van der Waals surface area (Å²) in [5, 5.41) is 25.2.